The second kappa shape index (κ2) is 10.7. The first-order chi connectivity index (χ1) is 16.4. The van der Waals surface area contributed by atoms with Crippen LogP contribution in [0, 0.1) is 0 Å². The molecule has 0 aromatic heterocycles. The Hall–Kier alpha value is -2.70. The monoisotopic (exact) mass is 473 g/mol. The van der Waals surface area contributed by atoms with Crippen LogP contribution in [0.25, 0.3) is 11.1 Å². The SMILES string of the molecule is O=C(NCCOCCO[C@@H]1O[C@H](CO)[C@@H](O)[C@H](O)[C@H]1O)c1ccc2c(c1)C(=O)c1ccccc1-2. The quantitative estimate of drug-likeness (QED) is 0.258. The molecule has 2 aromatic rings. The highest BCUT2D eigenvalue weighted by atomic mass is 16.7. The normalized spacial score (nSPS) is 25.6. The zero-order valence-corrected chi connectivity index (χ0v) is 18.3. The minimum Gasteiger partial charge on any atom is -0.394 e. The third-order valence-corrected chi connectivity index (χ3v) is 5.88. The average Bonchev–Trinajstić information content (AvgIpc) is 3.14. The third kappa shape index (κ3) is 4.89. The first kappa shape index (κ1) is 24.4. The standard InChI is InChI=1S/C24H27NO9/c26-12-18-20(28)21(29)22(30)24(34-18)33-10-9-32-8-7-25-23(31)13-5-6-15-14-3-1-2-4-16(14)19(27)17(15)11-13/h1-6,11,18,20-22,24,26,28-30H,7-10,12H2,(H,25,31)/t18-,20-,21+,22-,24-/m1/s1. The maximum absolute atomic E-state index is 12.6. The fourth-order valence-electron chi connectivity index (χ4n) is 4.04. The Labute approximate surface area is 195 Å². The molecule has 0 saturated carbocycles. The summed E-state index contributed by atoms with van der Waals surface area (Å²) in [6.07, 6.45) is -6.67. The fraction of sp³-hybridized carbons (Fsp3) is 0.417. The molecule has 0 spiro atoms. The number of ketones is 1. The van der Waals surface area contributed by atoms with Crippen molar-refractivity contribution >= 4 is 11.7 Å². The summed E-state index contributed by atoms with van der Waals surface area (Å²) >= 11 is 0. The Morgan fingerprint density at radius 3 is 2.41 bits per heavy atom. The van der Waals surface area contributed by atoms with E-state index in [9.17, 15) is 24.9 Å². The Morgan fingerprint density at radius 1 is 0.912 bits per heavy atom. The molecule has 2 aromatic carbocycles. The molecule has 1 amide bonds. The molecule has 0 unspecified atom stereocenters. The van der Waals surface area contributed by atoms with Gasteiger partial charge in [0.25, 0.3) is 5.91 Å². The van der Waals surface area contributed by atoms with Crippen molar-refractivity contribution in [3.05, 3.63) is 59.2 Å². The van der Waals surface area contributed by atoms with Crippen LogP contribution < -0.4 is 5.32 Å². The number of amides is 1. The molecule has 10 heteroatoms. The van der Waals surface area contributed by atoms with Gasteiger partial charge >= 0.3 is 0 Å². The molecule has 1 fully saturated rings. The van der Waals surface area contributed by atoms with Crippen LogP contribution in [0.4, 0.5) is 0 Å². The van der Waals surface area contributed by atoms with E-state index < -0.39 is 37.3 Å². The number of aliphatic hydroxyl groups is 4. The number of fused-ring (bicyclic) bond motifs is 3. The van der Waals surface area contributed by atoms with Crippen LogP contribution in [0.1, 0.15) is 26.3 Å². The highest BCUT2D eigenvalue weighted by Crippen LogP contribution is 2.36. The molecule has 5 atom stereocenters. The van der Waals surface area contributed by atoms with Crippen LogP contribution in [0.2, 0.25) is 0 Å². The van der Waals surface area contributed by atoms with Gasteiger partial charge in [0.05, 0.1) is 26.4 Å². The molecule has 34 heavy (non-hydrogen) atoms. The topological polar surface area (TPSA) is 155 Å². The highest BCUT2D eigenvalue weighted by molar-refractivity contribution is 6.22. The number of aliphatic hydroxyl groups excluding tert-OH is 4. The van der Waals surface area contributed by atoms with E-state index in [4.69, 9.17) is 19.3 Å². The molecule has 1 saturated heterocycles. The van der Waals surface area contributed by atoms with Crippen molar-refractivity contribution in [3.63, 3.8) is 0 Å². The van der Waals surface area contributed by atoms with Gasteiger partial charge in [-0.1, -0.05) is 30.3 Å². The van der Waals surface area contributed by atoms with Gasteiger partial charge in [-0.3, -0.25) is 9.59 Å². The summed E-state index contributed by atoms with van der Waals surface area (Å²) in [5.74, 6) is -0.421. The Morgan fingerprint density at radius 2 is 1.65 bits per heavy atom. The third-order valence-electron chi connectivity index (χ3n) is 5.88. The van der Waals surface area contributed by atoms with E-state index in [1.54, 1.807) is 24.3 Å². The molecule has 1 heterocycles. The molecule has 0 radical (unpaired) electrons. The van der Waals surface area contributed by atoms with E-state index in [1.165, 1.54) is 0 Å². The summed E-state index contributed by atoms with van der Waals surface area (Å²) in [4.78, 5) is 25.1. The van der Waals surface area contributed by atoms with Crippen molar-refractivity contribution in [3.8, 4) is 11.1 Å². The average molecular weight is 473 g/mol. The summed E-state index contributed by atoms with van der Waals surface area (Å²) in [6.45, 7) is 0.0240. The lowest BCUT2D eigenvalue weighted by molar-refractivity contribution is -0.302. The second-order valence-electron chi connectivity index (χ2n) is 8.07. The smallest absolute Gasteiger partial charge is 0.251 e. The van der Waals surface area contributed by atoms with Gasteiger partial charge in [0.15, 0.2) is 12.1 Å². The lowest BCUT2D eigenvalue weighted by atomic mass is 9.99. The van der Waals surface area contributed by atoms with Gasteiger partial charge in [-0.25, -0.2) is 0 Å². The summed E-state index contributed by atoms with van der Waals surface area (Å²) in [6, 6.07) is 12.4. The zero-order valence-electron chi connectivity index (χ0n) is 18.3. The number of nitrogens with one attached hydrogen (secondary N) is 1. The molecule has 5 N–H and O–H groups in total. The Balaban J connectivity index is 1.18. The Bertz CT molecular complexity index is 1040. The fourth-order valence-corrected chi connectivity index (χ4v) is 4.04. The molecule has 1 aliphatic carbocycles. The molecule has 2 aliphatic rings. The number of carbonyl (C=O) groups excluding carboxylic acids is 2. The van der Waals surface area contributed by atoms with Crippen molar-refractivity contribution in [2.24, 2.45) is 0 Å². The van der Waals surface area contributed by atoms with Gasteiger partial charge in [0.2, 0.25) is 0 Å². The maximum Gasteiger partial charge on any atom is 0.251 e. The lowest BCUT2D eigenvalue weighted by Gasteiger charge is -2.39. The number of rotatable bonds is 9. The van der Waals surface area contributed by atoms with Crippen LogP contribution in [0.3, 0.4) is 0 Å². The number of ether oxygens (including phenoxy) is 3. The van der Waals surface area contributed by atoms with Gasteiger partial charge < -0.3 is 40.0 Å². The van der Waals surface area contributed by atoms with Crippen LogP contribution in [-0.4, -0.2) is 95.8 Å². The molecule has 1 aliphatic heterocycles. The van der Waals surface area contributed by atoms with Crippen molar-refractivity contribution in [1.29, 1.82) is 0 Å². The molecular formula is C24H27NO9. The predicted molar refractivity (Wildman–Crippen MR) is 118 cm³/mol. The van der Waals surface area contributed by atoms with E-state index in [2.05, 4.69) is 5.32 Å². The van der Waals surface area contributed by atoms with Crippen molar-refractivity contribution < 1.29 is 44.2 Å². The van der Waals surface area contributed by atoms with Gasteiger partial charge in [0, 0.05) is 23.2 Å². The van der Waals surface area contributed by atoms with Gasteiger partial charge in [-0.05, 0) is 23.3 Å². The number of benzene rings is 2. The van der Waals surface area contributed by atoms with Crippen molar-refractivity contribution in [2.45, 2.75) is 30.7 Å². The van der Waals surface area contributed by atoms with E-state index in [-0.39, 0.29) is 38.1 Å². The predicted octanol–water partition coefficient (Wildman–Crippen LogP) is -0.539. The van der Waals surface area contributed by atoms with Crippen molar-refractivity contribution in [2.75, 3.05) is 33.0 Å². The second-order valence-corrected chi connectivity index (χ2v) is 8.07. The number of carbonyl (C=O) groups is 2. The zero-order chi connectivity index (χ0) is 24.2. The van der Waals surface area contributed by atoms with Gasteiger partial charge in [-0.15, -0.1) is 0 Å². The van der Waals surface area contributed by atoms with E-state index in [0.717, 1.165) is 11.1 Å². The van der Waals surface area contributed by atoms with E-state index >= 15 is 0 Å². The summed E-state index contributed by atoms with van der Waals surface area (Å²) in [5.41, 5.74) is 3.21. The summed E-state index contributed by atoms with van der Waals surface area (Å²) in [5, 5.41) is 41.3. The van der Waals surface area contributed by atoms with Crippen LogP contribution in [-0.2, 0) is 14.2 Å². The maximum atomic E-state index is 12.6. The van der Waals surface area contributed by atoms with Crippen LogP contribution in [0.5, 0.6) is 0 Å². The first-order valence-electron chi connectivity index (χ1n) is 11.0. The molecular weight excluding hydrogens is 446 g/mol. The Kier molecular flexibility index (Phi) is 7.69. The summed E-state index contributed by atoms with van der Waals surface area (Å²) in [7, 11) is 0. The summed E-state index contributed by atoms with van der Waals surface area (Å²) < 4.78 is 15.9. The first-order valence-corrected chi connectivity index (χ1v) is 11.0. The lowest BCUT2D eigenvalue weighted by Crippen LogP contribution is -2.59. The minimum atomic E-state index is -1.50. The van der Waals surface area contributed by atoms with E-state index in [0.29, 0.717) is 16.7 Å². The molecule has 0 bridgehead atoms. The van der Waals surface area contributed by atoms with Gasteiger partial charge in [-0.2, -0.15) is 0 Å². The number of hydrogen-bond donors (Lipinski definition) is 5. The largest absolute Gasteiger partial charge is 0.394 e. The van der Waals surface area contributed by atoms with Crippen molar-refractivity contribution in [1.82, 2.24) is 5.32 Å². The van der Waals surface area contributed by atoms with Crippen LogP contribution >= 0.6 is 0 Å². The number of hydrogen-bond acceptors (Lipinski definition) is 9. The molecule has 10 nitrogen and oxygen atoms in total. The molecule has 4 rings (SSSR count). The van der Waals surface area contributed by atoms with E-state index in [1.807, 2.05) is 18.2 Å². The highest BCUT2D eigenvalue weighted by Gasteiger charge is 2.43. The van der Waals surface area contributed by atoms with Crippen LogP contribution in [0.15, 0.2) is 42.5 Å². The molecule has 182 valence electrons. The van der Waals surface area contributed by atoms with Gasteiger partial charge in [0.1, 0.15) is 24.4 Å². The minimum absolute atomic E-state index is 0.0180.